The monoisotopic (exact) mass is 467 g/mol. The van der Waals surface area contributed by atoms with Crippen LogP contribution < -0.4 is 10.1 Å². The minimum Gasteiger partial charge on any atom is -0.471 e. The van der Waals surface area contributed by atoms with Crippen LogP contribution in [0.1, 0.15) is 27.0 Å². The van der Waals surface area contributed by atoms with Crippen LogP contribution in [-0.2, 0) is 19.7 Å². The third-order valence-electron chi connectivity index (χ3n) is 4.87. The van der Waals surface area contributed by atoms with Gasteiger partial charge >= 0.3 is 0 Å². The van der Waals surface area contributed by atoms with Gasteiger partial charge in [0.15, 0.2) is 0 Å². The first-order chi connectivity index (χ1) is 16.0. The Kier molecular flexibility index (Phi) is 7.00. The van der Waals surface area contributed by atoms with Crippen molar-refractivity contribution in [3.05, 3.63) is 118 Å². The molecule has 0 radical (unpaired) electrons. The van der Waals surface area contributed by atoms with Gasteiger partial charge in [0.05, 0.1) is 6.54 Å². The van der Waals surface area contributed by atoms with Crippen LogP contribution in [0.15, 0.2) is 79.0 Å². The summed E-state index contributed by atoms with van der Waals surface area (Å²) in [6, 6.07) is 19.3. The SMILES string of the molecule is O=C(NCc1ccccc1Cl)c1cn(Cc2cccc(F)c2)nc1OCc1cccc(F)c1. The van der Waals surface area contributed by atoms with Gasteiger partial charge < -0.3 is 10.1 Å². The number of amides is 1. The van der Waals surface area contributed by atoms with Crippen molar-refractivity contribution in [3.8, 4) is 5.88 Å². The molecule has 0 fully saturated rings. The van der Waals surface area contributed by atoms with E-state index in [2.05, 4.69) is 10.4 Å². The second-order valence-electron chi connectivity index (χ2n) is 7.37. The van der Waals surface area contributed by atoms with E-state index in [4.69, 9.17) is 16.3 Å². The molecular weight excluding hydrogens is 448 g/mol. The van der Waals surface area contributed by atoms with E-state index in [0.29, 0.717) is 16.1 Å². The number of nitrogens with zero attached hydrogens (tertiary/aromatic N) is 2. The van der Waals surface area contributed by atoms with Crippen molar-refractivity contribution in [2.75, 3.05) is 0 Å². The highest BCUT2D eigenvalue weighted by molar-refractivity contribution is 6.31. The topological polar surface area (TPSA) is 56.2 Å². The van der Waals surface area contributed by atoms with Gasteiger partial charge in [0.25, 0.3) is 5.91 Å². The third-order valence-corrected chi connectivity index (χ3v) is 5.24. The summed E-state index contributed by atoms with van der Waals surface area (Å²) in [6.07, 6.45) is 1.54. The highest BCUT2D eigenvalue weighted by atomic mass is 35.5. The molecule has 0 aliphatic rings. The number of hydrogen-bond acceptors (Lipinski definition) is 3. The van der Waals surface area contributed by atoms with Gasteiger partial charge in [0.2, 0.25) is 5.88 Å². The fraction of sp³-hybridized carbons (Fsp3) is 0.120. The van der Waals surface area contributed by atoms with Gasteiger partial charge in [-0.2, -0.15) is 0 Å². The van der Waals surface area contributed by atoms with Gasteiger partial charge in [-0.1, -0.05) is 54.1 Å². The molecule has 5 nitrogen and oxygen atoms in total. The molecule has 1 amide bonds. The van der Waals surface area contributed by atoms with Gasteiger partial charge in [-0.3, -0.25) is 9.48 Å². The maximum absolute atomic E-state index is 13.6. The fourth-order valence-corrected chi connectivity index (χ4v) is 3.46. The molecule has 0 atom stereocenters. The number of aromatic nitrogens is 2. The Bertz CT molecular complexity index is 1280. The Labute approximate surface area is 194 Å². The molecule has 0 saturated carbocycles. The summed E-state index contributed by atoms with van der Waals surface area (Å²) < 4.78 is 34.3. The normalized spacial score (nSPS) is 10.8. The van der Waals surface area contributed by atoms with Crippen LogP contribution in [0.2, 0.25) is 5.02 Å². The standard InChI is InChI=1S/C25H20ClF2N3O2/c26-23-10-2-1-7-19(23)13-29-24(32)22-15-31(14-17-5-3-8-20(27)11-17)30-25(22)33-16-18-6-4-9-21(28)12-18/h1-12,15H,13-14,16H2,(H,29,32). The number of benzene rings is 3. The molecule has 0 aliphatic carbocycles. The van der Waals surface area contributed by atoms with Crippen molar-refractivity contribution in [1.29, 1.82) is 0 Å². The molecule has 33 heavy (non-hydrogen) atoms. The summed E-state index contributed by atoms with van der Waals surface area (Å²) in [5, 5.41) is 7.71. The molecule has 168 valence electrons. The van der Waals surface area contributed by atoms with Gasteiger partial charge in [0, 0.05) is 17.8 Å². The quantitative estimate of drug-likeness (QED) is 0.379. The molecule has 1 N–H and O–H groups in total. The zero-order valence-corrected chi connectivity index (χ0v) is 18.2. The number of hydrogen-bond donors (Lipinski definition) is 1. The summed E-state index contributed by atoms with van der Waals surface area (Å²) >= 11 is 6.17. The summed E-state index contributed by atoms with van der Waals surface area (Å²) in [5.74, 6) is -1.06. The van der Waals surface area contributed by atoms with E-state index < -0.39 is 5.91 Å². The predicted molar refractivity (Wildman–Crippen MR) is 121 cm³/mol. The van der Waals surface area contributed by atoms with E-state index in [1.54, 1.807) is 30.3 Å². The molecule has 4 rings (SSSR count). The molecule has 0 unspecified atom stereocenters. The molecule has 1 aromatic heterocycles. The van der Waals surface area contributed by atoms with Crippen molar-refractivity contribution < 1.29 is 18.3 Å². The van der Waals surface area contributed by atoms with Crippen molar-refractivity contribution >= 4 is 17.5 Å². The van der Waals surface area contributed by atoms with Crippen LogP contribution in [-0.4, -0.2) is 15.7 Å². The molecule has 3 aromatic carbocycles. The van der Waals surface area contributed by atoms with E-state index in [1.807, 2.05) is 18.2 Å². The summed E-state index contributed by atoms with van der Waals surface area (Å²) in [7, 11) is 0. The maximum Gasteiger partial charge on any atom is 0.258 e. The first-order valence-electron chi connectivity index (χ1n) is 10.2. The van der Waals surface area contributed by atoms with Crippen LogP contribution in [0.3, 0.4) is 0 Å². The average molecular weight is 468 g/mol. The van der Waals surface area contributed by atoms with Crippen molar-refractivity contribution in [1.82, 2.24) is 15.1 Å². The Morgan fingerprint density at radius 2 is 1.67 bits per heavy atom. The second kappa shape index (κ2) is 10.3. The van der Waals surface area contributed by atoms with Gasteiger partial charge in [-0.05, 0) is 47.0 Å². The van der Waals surface area contributed by atoms with Gasteiger partial charge in [0.1, 0.15) is 23.8 Å². The van der Waals surface area contributed by atoms with E-state index in [0.717, 1.165) is 5.56 Å². The van der Waals surface area contributed by atoms with Crippen LogP contribution in [0.4, 0.5) is 8.78 Å². The van der Waals surface area contributed by atoms with Crippen LogP contribution in [0.25, 0.3) is 0 Å². The molecule has 4 aromatic rings. The zero-order valence-electron chi connectivity index (χ0n) is 17.5. The lowest BCUT2D eigenvalue weighted by Crippen LogP contribution is -2.23. The Hall–Kier alpha value is -3.71. The number of carbonyl (C=O) groups is 1. The summed E-state index contributed by atoms with van der Waals surface area (Å²) in [6.45, 7) is 0.488. The zero-order chi connectivity index (χ0) is 23.2. The molecular formula is C25H20ClF2N3O2. The Balaban J connectivity index is 1.54. The minimum absolute atomic E-state index is 0.0273. The van der Waals surface area contributed by atoms with Crippen LogP contribution >= 0.6 is 11.6 Å². The highest BCUT2D eigenvalue weighted by Gasteiger charge is 2.19. The van der Waals surface area contributed by atoms with Crippen molar-refractivity contribution in [2.45, 2.75) is 19.7 Å². The number of ether oxygens (including phenoxy) is 1. The largest absolute Gasteiger partial charge is 0.471 e. The summed E-state index contributed by atoms with van der Waals surface area (Å²) in [4.78, 5) is 12.9. The maximum atomic E-state index is 13.6. The lowest BCUT2D eigenvalue weighted by Gasteiger charge is -2.08. The lowest BCUT2D eigenvalue weighted by molar-refractivity contribution is 0.0946. The number of halogens is 3. The van der Waals surface area contributed by atoms with Crippen LogP contribution in [0, 0.1) is 11.6 Å². The molecule has 8 heteroatoms. The number of rotatable bonds is 8. The van der Waals surface area contributed by atoms with E-state index in [9.17, 15) is 13.6 Å². The average Bonchev–Trinajstić information content (AvgIpc) is 3.19. The Morgan fingerprint density at radius 3 is 2.39 bits per heavy atom. The third kappa shape index (κ3) is 5.96. The van der Waals surface area contributed by atoms with Crippen molar-refractivity contribution in [3.63, 3.8) is 0 Å². The molecule has 0 bridgehead atoms. The smallest absolute Gasteiger partial charge is 0.258 e. The van der Waals surface area contributed by atoms with Crippen LogP contribution in [0.5, 0.6) is 5.88 Å². The minimum atomic E-state index is -0.408. The van der Waals surface area contributed by atoms with Crippen molar-refractivity contribution in [2.24, 2.45) is 0 Å². The summed E-state index contributed by atoms with van der Waals surface area (Å²) in [5.41, 5.74) is 2.24. The molecule has 0 aliphatic heterocycles. The first-order valence-corrected chi connectivity index (χ1v) is 10.6. The molecule has 0 spiro atoms. The van der Waals surface area contributed by atoms with E-state index >= 15 is 0 Å². The first kappa shape index (κ1) is 22.5. The van der Waals surface area contributed by atoms with E-state index in [1.165, 1.54) is 35.1 Å². The van der Waals surface area contributed by atoms with Gasteiger partial charge in [-0.25, -0.2) is 8.78 Å². The molecule has 1 heterocycles. The predicted octanol–water partition coefficient (Wildman–Crippen LogP) is 5.37. The number of carbonyl (C=O) groups excluding carboxylic acids is 1. The second-order valence-corrected chi connectivity index (χ2v) is 7.78. The van der Waals surface area contributed by atoms with Gasteiger partial charge in [-0.15, -0.1) is 5.10 Å². The molecule has 0 saturated heterocycles. The lowest BCUT2D eigenvalue weighted by atomic mass is 10.2. The van der Waals surface area contributed by atoms with E-state index in [-0.39, 0.29) is 42.8 Å². The highest BCUT2D eigenvalue weighted by Crippen LogP contribution is 2.20. The fourth-order valence-electron chi connectivity index (χ4n) is 3.26. The number of nitrogens with one attached hydrogen (secondary N) is 1. The Morgan fingerprint density at radius 1 is 0.970 bits per heavy atom.